The topological polar surface area (TPSA) is 66.5 Å². The number of nitrogens with zero attached hydrogens (tertiary/aromatic N) is 1. The fraction of sp³-hybridized carbons (Fsp3) is 0.500. The van der Waals surface area contributed by atoms with Crippen molar-refractivity contribution in [2.75, 3.05) is 13.1 Å². The molecule has 0 bridgehead atoms. The number of aryl methyl sites for hydroxylation is 1. The first kappa shape index (κ1) is 15.9. The third-order valence-electron chi connectivity index (χ3n) is 3.55. The molecular formula is C14H19FN2O3S. The molecule has 0 aliphatic carbocycles. The Morgan fingerprint density at radius 2 is 1.95 bits per heavy atom. The van der Waals surface area contributed by atoms with E-state index < -0.39 is 21.9 Å². The smallest absolute Gasteiger partial charge is 0.241 e. The fourth-order valence-electron chi connectivity index (χ4n) is 2.47. The molecule has 0 saturated carbocycles. The van der Waals surface area contributed by atoms with Crippen molar-refractivity contribution in [2.45, 2.75) is 37.6 Å². The normalized spacial score (nSPS) is 17.0. The van der Waals surface area contributed by atoms with Gasteiger partial charge in [0.25, 0.3) is 0 Å². The molecule has 7 heteroatoms. The van der Waals surface area contributed by atoms with Crippen LogP contribution in [0, 0.1) is 12.7 Å². The molecule has 116 valence electrons. The van der Waals surface area contributed by atoms with Crippen molar-refractivity contribution in [1.29, 1.82) is 0 Å². The van der Waals surface area contributed by atoms with Crippen LogP contribution in [0.4, 0.5) is 4.39 Å². The molecule has 0 unspecified atom stereocenters. The second-order valence-electron chi connectivity index (χ2n) is 5.29. The van der Waals surface area contributed by atoms with Crippen molar-refractivity contribution in [2.24, 2.45) is 0 Å². The number of nitrogens with one attached hydrogen (secondary N) is 1. The van der Waals surface area contributed by atoms with Gasteiger partial charge in [0.15, 0.2) is 0 Å². The van der Waals surface area contributed by atoms with Crippen molar-refractivity contribution in [1.82, 2.24) is 9.62 Å². The Balaban J connectivity index is 2.14. The van der Waals surface area contributed by atoms with Crippen LogP contribution in [-0.2, 0) is 14.8 Å². The Labute approximate surface area is 124 Å². The summed E-state index contributed by atoms with van der Waals surface area (Å²) in [7, 11) is -3.85. The largest absolute Gasteiger partial charge is 0.341 e. The van der Waals surface area contributed by atoms with E-state index >= 15 is 0 Å². The summed E-state index contributed by atoms with van der Waals surface area (Å²) in [4.78, 5) is 13.8. The Morgan fingerprint density at radius 1 is 1.33 bits per heavy atom. The van der Waals surface area contributed by atoms with Crippen LogP contribution in [0.3, 0.4) is 0 Å². The summed E-state index contributed by atoms with van der Waals surface area (Å²) in [5, 5.41) is 0. The second kappa shape index (κ2) is 6.11. The summed E-state index contributed by atoms with van der Waals surface area (Å²) < 4.78 is 40.0. The molecule has 0 aromatic heterocycles. The number of hydrogen-bond acceptors (Lipinski definition) is 3. The summed E-state index contributed by atoms with van der Waals surface area (Å²) in [6, 6.07) is 2.62. The summed E-state index contributed by atoms with van der Waals surface area (Å²) in [5.41, 5.74) is 0.309. The maximum Gasteiger partial charge on any atom is 0.241 e. The zero-order valence-corrected chi connectivity index (χ0v) is 12.9. The van der Waals surface area contributed by atoms with Gasteiger partial charge in [0, 0.05) is 13.1 Å². The van der Waals surface area contributed by atoms with Gasteiger partial charge in [-0.3, -0.25) is 4.79 Å². The number of likely N-dealkylation sites (tertiary alicyclic amines) is 1. The number of amides is 1. The van der Waals surface area contributed by atoms with Crippen molar-refractivity contribution in [3.05, 3.63) is 29.6 Å². The van der Waals surface area contributed by atoms with Gasteiger partial charge in [-0.05, 0) is 50.5 Å². The van der Waals surface area contributed by atoms with Crippen LogP contribution >= 0.6 is 0 Å². The molecule has 1 aliphatic rings. The average Bonchev–Trinajstić information content (AvgIpc) is 2.90. The van der Waals surface area contributed by atoms with E-state index in [0.717, 1.165) is 25.0 Å². The van der Waals surface area contributed by atoms with E-state index in [1.165, 1.54) is 19.9 Å². The minimum Gasteiger partial charge on any atom is -0.341 e. The first-order valence-corrected chi connectivity index (χ1v) is 8.37. The lowest BCUT2D eigenvalue weighted by Gasteiger charge is -2.21. The van der Waals surface area contributed by atoms with Gasteiger partial charge in [-0.15, -0.1) is 0 Å². The molecule has 1 aromatic carbocycles. The molecule has 5 nitrogen and oxygen atoms in total. The van der Waals surface area contributed by atoms with Crippen molar-refractivity contribution in [3.8, 4) is 0 Å². The Hall–Kier alpha value is -1.47. The zero-order chi connectivity index (χ0) is 15.6. The summed E-state index contributed by atoms with van der Waals surface area (Å²) in [5.74, 6) is -0.719. The molecule has 0 radical (unpaired) electrons. The number of hydrogen-bond donors (Lipinski definition) is 1. The molecule has 1 fully saturated rings. The first-order valence-electron chi connectivity index (χ1n) is 6.88. The van der Waals surface area contributed by atoms with E-state index in [-0.39, 0.29) is 10.8 Å². The van der Waals surface area contributed by atoms with E-state index in [9.17, 15) is 17.6 Å². The lowest BCUT2D eigenvalue weighted by Crippen LogP contribution is -2.45. The van der Waals surface area contributed by atoms with Crippen molar-refractivity contribution < 1.29 is 17.6 Å². The standard InChI is InChI=1S/C14H19FN2O3S/c1-10-9-12(15)5-6-13(10)21(19,20)16-11(2)14(18)17-7-3-4-8-17/h5-6,9,11,16H,3-4,7-8H2,1-2H3/t11-/m1/s1. The maximum atomic E-state index is 13.1. The Morgan fingerprint density at radius 3 is 2.52 bits per heavy atom. The van der Waals surface area contributed by atoms with Gasteiger partial charge in [-0.2, -0.15) is 4.72 Å². The molecule has 1 N–H and O–H groups in total. The third-order valence-corrected chi connectivity index (χ3v) is 5.25. The van der Waals surface area contributed by atoms with Gasteiger partial charge < -0.3 is 4.90 Å². The number of carbonyl (C=O) groups excluding carboxylic acids is 1. The zero-order valence-electron chi connectivity index (χ0n) is 12.1. The molecule has 1 saturated heterocycles. The van der Waals surface area contributed by atoms with Crippen LogP contribution < -0.4 is 4.72 Å². The molecule has 0 spiro atoms. The fourth-order valence-corrected chi connectivity index (χ4v) is 3.90. The molecule has 1 amide bonds. The SMILES string of the molecule is Cc1cc(F)ccc1S(=O)(=O)N[C@H](C)C(=O)N1CCCC1. The minimum absolute atomic E-state index is 0.00929. The Kier molecular flexibility index (Phi) is 4.63. The van der Waals surface area contributed by atoms with E-state index in [0.29, 0.717) is 18.7 Å². The van der Waals surface area contributed by atoms with E-state index in [4.69, 9.17) is 0 Å². The highest BCUT2D eigenvalue weighted by Gasteiger charge is 2.28. The second-order valence-corrected chi connectivity index (χ2v) is 6.97. The maximum absolute atomic E-state index is 13.1. The summed E-state index contributed by atoms with van der Waals surface area (Å²) >= 11 is 0. The summed E-state index contributed by atoms with van der Waals surface area (Å²) in [6.45, 7) is 4.38. The quantitative estimate of drug-likeness (QED) is 0.914. The molecule has 1 aliphatic heterocycles. The van der Waals surface area contributed by atoms with Gasteiger partial charge in [-0.1, -0.05) is 0 Å². The van der Waals surface area contributed by atoms with Crippen LogP contribution in [0.5, 0.6) is 0 Å². The highest BCUT2D eigenvalue weighted by Crippen LogP contribution is 2.17. The molecule has 21 heavy (non-hydrogen) atoms. The van der Waals surface area contributed by atoms with E-state index in [1.807, 2.05) is 0 Å². The lowest BCUT2D eigenvalue weighted by atomic mass is 10.2. The van der Waals surface area contributed by atoms with Gasteiger partial charge in [0.1, 0.15) is 5.82 Å². The highest BCUT2D eigenvalue weighted by molar-refractivity contribution is 7.89. The van der Waals surface area contributed by atoms with E-state index in [2.05, 4.69) is 4.72 Å². The molecule has 1 heterocycles. The van der Waals surface area contributed by atoms with Crippen LogP contribution in [0.15, 0.2) is 23.1 Å². The predicted octanol–water partition coefficient (Wildman–Crippen LogP) is 1.42. The molecule has 1 aromatic rings. The third kappa shape index (κ3) is 3.59. The molecular weight excluding hydrogens is 295 g/mol. The van der Waals surface area contributed by atoms with Crippen LogP contribution in [0.25, 0.3) is 0 Å². The summed E-state index contributed by atoms with van der Waals surface area (Å²) in [6.07, 6.45) is 1.89. The molecule has 1 atom stereocenters. The van der Waals surface area contributed by atoms with Crippen LogP contribution in [0.1, 0.15) is 25.3 Å². The van der Waals surface area contributed by atoms with Crippen molar-refractivity contribution in [3.63, 3.8) is 0 Å². The van der Waals surface area contributed by atoms with E-state index in [1.54, 1.807) is 4.90 Å². The lowest BCUT2D eigenvalue weighted by molar-refractivity contribution is -0.131. The number of benzene rings is 1. The monoisotopic (exact) mass is 314 g/mol. The van der Waals surface area contributed by atoms with Crippen molar-refractivity contribution >= 4 is 15.9 Å². The predicted molar refractivity (Wildman–Crippen MR) is 76.7 cm³/mol. The molecule has 2 rings (SSSR count). The highest BCUT2D eigenvalue weighted by atomic mass is 32.2. The van der Waals surface area contributed by atoms with Gasteiger partial charge in [0.2, 0.25) is 15.9 Å². The van der Waals surface area contributed by atoms with Gasteiger partial charge in [-0.25, -0.2) is 12.8 Å². The van der Waals surface area contributed by atoms with Gasteiger partial charge >= 0.3 is 0 Å². The van der Waals surface area contributed by atoms with Crippen LogP contribution in [-0.4, -0.2) is 38.4 Å². The minimum atomic E-state index is -3.85. The average molecular weight is 314 g/mol. The Bertz CT molecular complexity index is 640. The number of rotatable bonds is 4. The van der Waals surface area contributed by atoms with Crippen LogP contribution in [0.2, 0.25) is 0 Å². The number of sulfonamides is 1. The number of carbonyl (C=O) groups is 1. The number of halogens is 1. The van der Waals surface area contributed by atoms with Gasteiger partial charge in [0.05, 0.1) is 10.9 Å². The first-order chi connectivity index (χ1) is 9.81.